The van der Waals surface area contributed by atoms with Crippen molar-refractivity contribution in [2.75, 3.05) is 7.05 Å². The van der Waals surface area contributed by atoms with E-state index in [1.54, 1.807) is 12.3 Å². The maximum absolute atomic E-state index is 6.21. The van der Waals surface area contributed by atoms with Gasteiger partial charge in [0.25, 0.3) is 0 Å². The van der Waals surface area contributed by atoms with Gasteiger partial charge in [0.05, 0.1) is 6.04 Å². The molecule has 0 saturated carbocycles. The van der Waals surface area contributed by atoms with Crippen LogP contribution in [0.2, 0.25) is 10.0 Å². The molecule has 1 heterocycles. The average molecular weight is 270 g/mol. The van der Waals surface area contributed by atoms with Gasteiger partial charge in [0, 0.05) is 29.5 Å². The lowest BCUT2D eigenvalue weighted by Crippen LogP contribution is -2.21. The summed E-state index contributed by atoms with van der Waals surface area (Å²) in [5.41, 5.74) is 0.966. The number of hydrogen-bond acceptors (Lipinski definition) is 2. The lowest BCUT2D eigenvalue weighted by Gasteiger charge is -2.17. The van der Waals surface area contributed by atoms with Crippen LogP contribution < -0.4 is 5.32 Å². The molecule has 90 valence electrons. The molecule has 0 bridgehead atoms. The molecule has 1 unspecified atom stereocenters. The largest absolute Gasteiger partial charge is 0.336 e. The Morgan fingerprint density at radius 1 is 1.35 bits per heavy atom. The minimum atomic E-state index is -0.0419. The van der Waals surface area contributed by atoms with E-state index in [0.29, 0.717) is 10.0 Å². The summed E-state index contributed by atoms with van der Waals surface area (Å²) in [5, 5.41) is 4.48. The molecule has 0 radical (unpaired) electrons. The van der Waals surface area contributed by atoms with Crippen molar-refractivity contribution in [1.29, 1.82) is 0 Å². The Hall–Kier alpha value is -1.03. The molecule has 0 aliphatic carbocycles. The van der Waals surface area contributed by atoms with Gasteiger partial charge in [-0.15, -0.1) is 0 Å². The lowest BCUT2D eigenvalue weighted by atomic mass is 10.1. The fourth-order valence-electron chi connectivity index (χ4n) is 1.81. The summed E-state index contributed by atoms with van der Waals surface area (Å²) in [6.45, 7) is 0. The van der Waals surface area contributed by atoms with E-state index in [2.05, 4.69) is 10.3 Å². The van der Waals surface area contributed by atoms with Gasteiger partial charge in [-0.1, -0.05) is 29.3 Å². The first-order valence-corrected chi connectivity index (χ1v) is 5.98. The second-order valence-electron chi connectivity index (χ2n) is 3.78. The van der Waals surface area contributed by atoms with E-state index >= 15 is 0 Å². The standard InChI is InChI=1S/C12H13Cl2N3/c1-15-11(12-16-5-6-17(12)2)9-4-3-8(13)7-10(9)14/h3-7,11,15H,1-2H3. The first-order chi connectivity index (χ1) is 8.13. The maximum Gasteiger partial charge on any atom is 0.130 e. The van der Waals surface area contributed by atoms with Gasteiger partial charge in [-0.25, -0.2) is 4.98 Å². The Kier molecular flexibility index (Phi) is 3.72. The Morgan fingerprint density at radius 3 is 2.65 bits per heavy atom. The predicted octanol–water partition coefficient (Wildman–Crippen LogP) is 3.04. The molecule has 0 saturated heterocycles. The summed E-state index contributed by atoms with van der Waals surface area (Å²) >= 11 is 12.1. The number of aromatic nitrogens is 2. The topological polar surface area (TPSA) is 29.9 Å². The zero-order chi connectivity index (χ0) is 12.4. The van der Waals surface area contributed by atoms with Gasteiger partial charge in [0.2, 0.25) is 0 Å². The molecule has 1 aromatic carbocycles. The van der Waals surface area contributed by atoms with E-state index in [1.807, 2.05) is 37.0 Å². The molecule has 1 aromatic heterocycles. The summed E-state index contributed by atoms with van der Waals surface area (Å²) in [4.78, 5) is 4.34. The zero-order valence-corrected chi connectivity index (χ0v) is 11.1. The minimum Gasteiger partial charge on any atom is -0.336 e. The monoisotopic (exact) mass is 269 g/mol. The minimum absolute atomic E-state index is 0.0419. The molecule has 0 fully saturated rings. The highest BCUT2D eigenvalue weighted by atomic mass is 35.5. The van der Waals surface area contributed by atoms with Gasteiger partial charge in [-0.2, -0.15) is 0 Å². The normalized spacial score (nSPS) is 12.7. The van der Waals surface area contributed by atoms with E-state index in [4.69, 9.17) is 23.2 Å². The van der Waals surface area contributed by atoms with E-state index in [0.717, 1.165) is 11.4 Å². The Morgan fingerprint density at radius 2 is 2.12 bits per heavy atom. The van der Waals surface area contributed by atoms with Gasteiger partial charge in [-0.3, -0.25) is 0 Å². The number of nitrogens with one attached hydrogen (secondary N) is 1. The van der Waals surface area contributed by atoms with Gasteiger partial charge >= 0.3 is 0 Å². The van der Waals surface area contributed by atoms with Crippen LogP contribution in [0.15, 0.2) is 30.6 Å². The number of hydrogen-bond donors (Lipinski definition) is 1. The highest BCUT2D eigenvalue weighted by Gasteiger charge is 2.18. The third-order valence-electron chi connectivity index (χ3n) is 2.68. The van der Waals surface area contributed by atoms with Gasteiger partial charge in [0.1, 0.15) is 5.82 Å². The molecule has 2 aromatic rings. The fraction of sp³-hybridized carbons (Fsp3) is 0.250. The first kappa shape index (κ1) is 12.4. The second kappa shape index (κ2) is 5.08. The van der Waals surface area contributed by atoms with Crippen molar-refractivity contribution in [3.05, 3.63) is 52.0 Å². The smallest absolute Gasteiger partial charge is 0.130 e. The van der Waals surface area contributed by atoms with Crippen LogP contribution in [-0.2, 0) is 7.05 Å². The molecule has 5 heteroatoms. The van der Waals surface area contributed by atoms with Crippen molar-refractivity contribution in [3.63, 3.8) is 0 Å². The van der Waals surface area contributed by atoms with Crippen molar-refractivity contribution in [2.24, 2.45) is 7.05 Å². The van der Waals surface area contributed by atoms with Crippen molar-refractivity contribution in [2.45, 2.75) is 6.04 Å². The van der Waals surface area contributed by atoms with E-state index in [1.165, 1.54) is 0 Å². The molecular formula is C12H13Cl2N3. The van der Waals surface area contributed by atoms with Crippen LogP contribution in [0.4, 0.5) is 0 Å². The third-order valence-corrected chi connectivity index (χ3v) is 3.24. The van der Waals surface area contributed by atoms with Crippen molar-refractivity contribution in [3.8, 4) is 0 Å². The number of imidazole rings is 1. The third kappa shape index (κ3) is 2.46. The first-order valence-electron chi connectivity index (χ1n) is 5.23. The van der Waals surface area contributed by atoms with Crippen LogP contribution >= 0.6 is 23.2 Å². The fourth-order valence-corrected chi connectivity index (χ4v) is 2.33. The van der Waals surface area contributed by atoms with E-state index in [9.17, 15) is 0 Å². The quantitative estimate of drug-likeness (QED) is 0.929. The molecule has 3 nitrogen and oxygen atoms in total. The Bertz CT molecular complexity index is 522. The van der Waals surface area contributed by atoms with Gasteiger partial charge in [0.15, 0.2) is 0 Å². The Balaban J connectivity index is 2.46. The maximum atomic E-state index is 6.21. The van der Waals surface area contributed by atoms with Gasteiger partial charge < -0.3 is 9.88 Å². The van der Waals surface area contributed by atoms with Gasteiger partial charge in [-0.05, 0) is 24.7 Å². The van der Waals surface area contributed by atoms with Crippen LogP contribution in [0.5, 0.6) is 0 Å². The summed E-state index contributed by atoms with van der Waals surface area (Å²) in [6.07, 6.45) is 3.67. The van der Waals surface area contributed by atoms with Crippen LogP contribution in [0.1, 0.15) is 17.4 Å². The number of halogens is 2. The number of rotatable bonds is 3. The van der Waals surface area contributed by atoms with Crippen LogP contribution in [-0.4, -0.2) is 16.6 Å². The lowest BCUT2D eigenvalue weighted by molar-refractivity contribution is 0.617. The molecule has 0 aliphatic rings. The predicted molar refractivity (Wildman–Crippen MR) is 70.6 cm³/mol. The summed E-state index contributed by atoms with van der Waals surface area (Å²) in [6, 6.07) is 5.45. The highest BCUT2D eigenvalue weighted by molar-refractivity contribution is 6.35. The average Bonchev–Trinajstić information content (AvgIpc) is 2.69. The Labute approximate surface area is 110 Å². The molecule has 17 heavy (non-hydrogen) atoms. The summed E-state index contributed by atoms with van der Waals surface area (Å²) in [7, 11) is 3.83. The SMILES string of the molecule is CNC(c1ccc(Cl)cc1Cl)c1nccn1C. The molecule has 0 aliphatic heterocycles. The molecular weight excluding hydrogens is 257 g/mol. The second-order valence-corrected chi connectivity index (χ2v) is 4.63. The summed E-state index contributed by atoms with van der Waals surface area (Å²) < 4.78 is 1.96. The summed E-state index contributed by atoms with van der Waals surface area (Å²) in [5.74, 6) is 0.914. The highest BCUT2D eigenvalue weighted by Crippen LogP contribution is 2.29. The van der Waals surface area contributed by atoms with Crippen molar-refractivity contribution < 1.29 is 0 Å². The van der Waals surface area contributed by atoms with Crippen molar-refractivity contribution >= 4 is 23.2 Å². The van der Waals surface area contributed by atoms with Crippen LogP contribution in [0.25, 0.3) is 0 Å². The van der Waals surface area contributed by atoms with E-state index in [-0.39, 0.29) is 6.04 Å². The number of aryl methyl sites for hydroxylation is 1. The molecule has 0 spiro atoms. The van der Waals surface area contributed by atoms with E-state index < -0.39 is 0 Å². The van der Waals surface area contributed by atoms with Crippen LogP contribution in [0.3, 0.4) is 0 Å². The van der Waals surface area contributed by atoms with Crippen LogP contribution in [0, 0.1) is 0 Å². The molecule has 2 rings (SSSR count). The molecule has 1 N–H and O–H groups in total. The van der Waals surface area contributed by atoms with Crippen molar-refractivity contribution in [1.82, 2.24) is 14.9 Å². The molecule has 0 amide bonds. The number of benzene rings is 1. The number of nitrogens with zero attached hydrogens (tertiary/aromatic N) is 2. The molecule has 1 atom stereocenters. The zero-order valence-electron chi connectivity index (χ0n) is 9.61.